The third-order valence-corrected chi connectivity index (χ3v) is 5.83. The van der Waals surface area contributed by atoms with E-state index < -0.39 is 0 Å². The van der Waals surface area contributed by atoms with Crippen molar-refractivity contribution in [1.29, 1.82) is 0 Å². The number of nitrogens with zero attached hydrogens (tertiary/aromatic N) is 1. The Morgan fingerprint density at radius 1 is 1.33 bits per heavy atom. The molecule has 0 aromatic heterocycles. The van der Waals surface area contributed by atoms with E-state index in [1.54, 1.807) is 0 Å². The van der Waals surface area contributed by atoms with Gasteiger partial charge in [0.2, 0.25) is 0 Å². The van der Waals surface area contributed by atoms with Gasteiger partial charge in [-0.25, -0.2) is 0 Å². The van der Waals surface area contributed by atoms with Crippen LogP contribution < -0.4 is 4.90 Å². The molecule has 0 unspecified atom stereocenters. The number of alkyl halides is 1. The highest BCUT2D eigenvalue weighted by molar-refractivity contribution is 9.10. The minimum absolute atomic E-state index is 0.415. The highest BCUT2D eigenvalue weighted by Gasteiger charge is 2.24. The normalized spacial score (nSPS) is 19.7. The number of thioether (sulfide) groups is 1. The van der Waals surface area contributed by atoms with Crippen molar-refractivity contribution in [3.8, 4) is 0 Å². The van der Waals surface area contributed by atoms with Crippen molar-refractivity contribution in [1.82, 2.24) is 0 Å². The first-order chi connectivity index (χ1) is 8.52. The Morgan fingerprint density at radius 2 is 2.11 bits per heavy atom. The lowest BCUT2D eigenvalue weighted by Gasteiger charge is -2.26. The molecule has 1 heterocycles. The van der Waals surface area contributed by atoms with Crippen LogP contribution in [0.5, 0.6) is 0 Å². The standard InChI is InChI=1S/C14H19Br2NS/c1-14(2)5-6-17(7-8-18-14)13-4-3-12(16)9-11(13)10-15/h3-4,9H,5-8,10H2,1-2H3. The Bertz CT molecular complexity index is 420. The molecule has 1 aromatic carbocycles. The van der Waals surface area contributed by atoms with Crippen LogP contribution in [0.25, 0.3) is 0 Å². The maximum Gasteiger partial charge on any atom is 0.0408 e. The molecule has 1 nitrogen and oxygen atoms in total. The van der Waals surface area contributed by atoms with Crippen molar-refractivity contribution in [3.63, 3.8) is 0 Å². The fourth-order valence-corrected chi connectivity index (χ4v) is 4.19. The molecule has 0 amide bonds. The number of rotatable bonds is 2. The predicted molar refractivity (Wildman–Crippen MR) is 90.1 cm³/mol. The Kier molecular flexibility index (Phi) is 5.06. The van der Waals surface area contributed by atoms with Crippen molar-refractivity contribution in [2.75, 3.05) is 23.7 Å². The van der Waals surface area contributed by atoms with Crippen LogP contribution in [0.15, 0.2) is 22.7 Å². The van der Waals surface area contributed by atoms with Gasteiger partial charge in [-0.1, -0.05) is 45.7 Å². The van der Waals surface area contributed by atoms with E-state index in [9.17, 15) is 0 Å². The maximum absolute atomic E-state index is 3.60. The summed E-state index contributed by atoms with van der Waals surface area (Å²) in [5.41, 5.74) is 2.75. The minimum atomic E-state index is 0.415. The average molecular weight is 393 g/mol. The zero-order valence-electron chi connectivity index (χ0n) is 10.9. The summed E-state index contributed by atoms with van der Waals surface area (Å²) >= 11 is 9.24. The zero-order chi connectivity index (χ0) is 13.2. The summed E-state index contributed by atoms with van der Waals surface area (Å²) in [5, 5.41) is 0.912. The van der Waals surface area contributed by atoms with Crippen molar-refractivity contribution in [3.05, 3.63) is 28.2 Å². The van der Waals surface area contributed by atoms with Crippen LogP contribution in [0.4, 0.5) is 5.69 Å². The van der Waals surface area contributed by atoms with E-state index in [1.165, 1.54) is 23.4 Å². The van der Waals surface area contributed by atoms with Crippen LogP contribution >= 0.6 is 43.6 Å². The molecular weight excluding hydrogens is 374 g/mol. The number of benzene rings is 1. The molecule has 0 aliphatic carbocycles. The van der Waals surface area contributed by atoms with Gasteiger partial charge in [0.1, 0.15) is 0 Å². The van der Waals surface area contributed by atoms with E-state index in [2.05, 4.69) is 80.6 Å². The molecule has 0 radical (unpaired) electrons. The molecule has 1 saturated heterocycles. The number of halogens is 2. The van der Waals surface area contributed by atoms with Gasteiger partial charge < -0.3 is 4.90 Å². The van der Waals surface area contributed by atoms with Crippen LogP contribution in [0.1, 0.15) is 25.8 Å². The molecule has 0 saturated carbocycles. The number of hydrogen-bond donors (Lipinski definition) is 0. The van der Waals surface area contributed by atoms with Gasteiger partial charge in [0, 0.05) is 39.1 Å². The van der Waals surface area contributed by atoms with Gasteiger partial charge in [0.25, 0.3) is 0 Å². The monoisotopic (exact) mass is 391 g/mol. The molecule has 1 fully saturated rings. The SMILES string of the molecule is CC1(C)CCN(c2ccc(Br)cc2CBr)CCS1. The molecule has 100 valence electrons. The molecule has 0 atom stereocenters. The van der Waals surface area contributed by atoms with Gasteiger partial charge in [-0.15, -0.1) is 0 Å². The van der Waals surface area contributed by atoms with E-state index in [4.69, 9.17) is 0 Å². The van der Waals surface area contributed by atoms with Crippen LogP contribution in [0, 0.1) is 0 Å². The van der Waals surface area contributed by atoms with Crippen molar-refractivity contribution >= 4 is 49.3 Å². The first kappa shape index (κ1) is 14.7. The first-order valence-electron chi connectivity index (χ1n) is 6.25. The van der Waals surface area contributed by atoms with E-state index in [-0.39, 0.29) is 0 Å². The molecule has 0 bridgehead atoms. The largest absolute Gasteiger partial charge is 0.370 e. The number of hydrogen-bond acceptors (Lipinski definition) is 2. The molecule has 18 heavy (non-hydrogen) atoms. The lowest BCUT2D eigenvalue weighted by atomic mass is 10.1. The lowest BCUT2D eigenvalue weighted by Crippen LogP contribution is -2.27. The summed E-state index contributed by atoms with van der Waals surface area (Å²) < 4.78 is 1.57. The lowest BCUT2D eigenvalue weighted by molar-refractivity contribution is 0.637. The fourth-order valence-electron chi connectivity index (χ4n) is 2.23. The zero-order valence-corrected chi connectivity index (χ0v) is 14.9. The summed E-state index contributed by atoms with van der Waals surface area (Å²) in [6.45, 7) is 7.01. The van der Waals surface area contributed by atoms with Crippen molar-refractivity contribution < 1.29 is 0 Å². The van der Waals surface area contributed by atoms with E-state index in [0.29, 0.717) is 4.75 Å². The number of anilines is 1. The highest BCUT2D eigenvalue weighted by atomic mass is 79.9. The highest BCUT2D eigenvalue weighted by Crippen LogP contribution is 2.34. The molecule has 1 aliphatic rings. The van der Waals surface area contributed by atoms with Crippen LogP contribution in [0.2, 0.25) is 0 Å². The van der Waals surface area contributed by atoms with Gasteiger partial charge >= 0.3 is 0 Å². The van der Waals surface area contributed by atoms with Crippen LogP contribution in [-0.2, 0) is 5.33 Å². The van der Waals surface area contributed by atoms with Gasteiger partial charge in [0.05, 0.1) is 0 Å². The van der Waals surface area contributed by atoms with Gasteiger partial charge in [-0.05, 0) is 30.2 Å². The van der Waals surface area contributed by atoms with E-state index in [0.717, 1.165) is 22.9 Å². The second kappa shape index (κ2) is 6.19. The molecule has 2 rings (SSSR count). The minimum Gasteiger partial charge on any atom is -0.370 e. The molecule has 0 spiro atoms. The topological polar surface area (TPSA) is 3.24 Å². The third kappa shape index (κ3) is 3.67. The predicted octanol–water partition coefficient (Wildman–Crippen LogP) is 5.07. The van der Waals surface area contributed by atoms with Crippen LogP contribution in [0.3, 0.4) is 0 Å². The maximum atomic E-state index is 3.60. The Balaban J connectivity index is 2.21. The van der Waals surface area contributed by atoms with Crippen molar-refractivity contribution in [2.45, 2.75) is 30.3 Å². The molecule has 4 heteroatoms. The molecule has 1 aliphatic heterocycles. The van der Waals surface area contributed by atoms with Crippen LogP contribution in [-0.4, -0.2) is 23.6 Å². The smallest absolute Gasteiger partial charge is 0.0408 e. The fraction of sp³-hybridized carbons (Fsp3) is 0.571. The van der Waals surface area contributed by atoms with E-state index in [1.807, 2.05) is 0 Å². The summed E-state index contributed by atoms with van der Waals surface area (Å²) in [6, 6.07) is 6.60. The Hall–Kier alpha value is 0.330. The van der Waals surface area contributed by atoms with Gasteiger partial charge in [-0.2, -0.15) is 11.8 Å². The molecular formula is C14H19Br2NS. The summed E-state index contributed by atoms with van der Waals surface area (Å²) in [7, 11) is 0. The quantitative estimate of drug-likeness (QED) is 0.646. The average Bonchev–Trinajstić information content (AvgIpc) is 2.50. The summed E-state index contributed by atoms with van der Waals surface area (Å²) in [4.78, 5) is 2.53. The molecule has 1 aromatic rings. The first-order valence-corrected chi connectivity index (χ1v) is 9.15. The van der Waals surface area contributed by atoms with E-state index >= 15 is 0 Å². The van der Waals surface area contributed by atoms with Gasteiger partial charge in [-0.3, -0.25) is 0 Å². The second-order valence-electron chi connectivity index (χ2n) is 5.25. The summed E-state index contributed by atoms with van der Waals surface area (Å²) in [6.07, 6.45) is 1.25. The van der Waals surface area contributed by atoms with Gasteiger partial charge in [0.15, 0.2) is 0 Å². The summed E-state index contributed by atoms with van der Waals surface area (Å²) in [5.74, 6) is 1.21. The van der Waals surface area contributed by atoms with Crippen molar-refractivity contribution in [2.24, 2.45) is 0 Å². The Labute approximate surface area is 131 Å². The molecule has 0 N–H and O–H groups in total. The second-order valence-corrected chi connectivity index (χ2v) is 8.53. The Morgan fingerprint density at radius 3 is 2.83 bits per heavy atom. The third-order valence-electron chi connectivity index (χ3n) is 3.36.